The molecule has 80 valence electrons. The monoisotopic (exact) mass is 187 g/mol. The van der Waals surface area contributed by atoms with Gasteiger partial charge >= 0.3 is 0 Å². The molecule has 0 aliphatic heterocycles. The molecule has 0 amide bonds. The average molecular weight is 187 g/mol. The minimum absolute atomic E-state index is 0.810. The number of hydrogen-bond donors (Lipinski definition) is 1. The van der Waals surface area contributed by atoms with Gasteiger partial charge < -0.3 is 15.5 Å². The summed E-state index contributed by atoms with van der Waals surface area (Å²) in [5.74, 6) is 0. The van der Waals surface area contributed by atoms with Gasteiger partial charge in [0.15, 0.2) is 0 Å². The molecule has 0 unspecified atom stereocenters. The molecular formula is C10H25N3. The number of rotatable bonds is 8. The van der Waals surface area contributed by atoms with E-state index >= 15 is 0 Å². The summed E-state index contributed by atoms with van der Waals surface area (Å²) in [4.78, 5) is 4.70. The van der Waals surface area contributed by atoms with E-state index in [-0.39, 0.29) is 0 Å². The molecule has 0 atom stereocenters. The molecule has 0 aromatic rings. The van der Waals surface area contributed by atoms with Crippen LogP contribution in [0.4, 0.5) is 0 Å². The van der Waals surface area contributed by atoms with E-state index in [0.717, 1.165) is 26.1 Å². The molecule has 0 heterocycles. The lowest BCUT2D eigenvalue weighted by Crippen LogP contribution is -2.29. The molecule has 0 saturated heterocycles. The highest BCUT2D eigenvalue weighted by Gasteiger charge is 2.00. The van der Waals surface area contributed by atoms with Crippen molar-refractivity contribution in [2.75, 3.05) is 46.8 Å². The van der Waals surface area contributed by atoms with E-state index in [9.17, 15) is 0 Å². The Bertz CT molecular complexity index is 104. The van der Waals surface area contributed by atoms with Crippen LogP contribution in [0.3, 0.4) is 0 Å². The fourth-order valence-electron chi connectivity index (χ4n) is 1.35. The van der Waals surface area contributed by atoms with Gasteiger partial charge in [0.05, 0.1) is 0 Å². The quantitative estimate of drug-likeness (QED) is 0.604. The first-order chi connectivity index (χ1) is 6.20. The summed E-state index contributed by atoms with van der Waals surface area (Å²) < 4.78 is 0. The van der Waals surface area contributed by atoms with E-state index in [4.69, 9.17) is 5.73 Å². The van der Waals surface area contributed by atoms with Gasteiger partial charge in [-0.15, -0.1) is 0 Å². The van der Waals surface area contributed by atoms with Crippen molar-refractivity contribution in [2.24, 2.45) is 5.73 Å². The first-order valence-electron chi connectivity index (χ1n) is 5.27. The summed E-state index contributed by atoms with van der Waals surface area (Å²) in [6.45, 7) is 7.71. The molecule has 0 spiro atoms. The van der Waals surface area contributed by atoms with Gasteiger partial charge in [0.2, 0.25) is 0 Å². The number of hydrogen-bond acceptors (Lipinski definition) is 3. The van der Waals surface area contributed by atoms with Gasteiger partial charge in [0, 0.05) is 0 Å². The Hall–Kier alpha value is -0.120. The minimum atomic E-state index is 0.810. The third-order valence-corrected chi connectivity index (χ3v) is 2.21. The van der Waals surface area contributed by atoms with Crippen LogP contribution in [0, 0.1) is 0 Å². The predicted octanol–water partition coefficient (Wildman–Crippen LogP) is 0.609. The van der Waals surface area contributed by atoms with Crippen LogP contribution in [0.2, 0.25) is 0 Å². The standard InChI is InChI=1S/C10H25N3/c1-4-13(9-5-7-11)10-6-8-12(2)3/h4-11H2,1-3H3. The maximum atomic E-state index is 5.47. The van der Waals surface area contributed by atoms with E-state index in [1.165, 1.54) is 19.5 Å². The van der Waals surface area contributed by atoms with Gasteiger partial charge in [-0.25, -0.2) is 0 Å². The van der Waals surface area contributed by atoms with Crippen molar-refractivity contribution in [1.82, 2.24) is 9.80 Å². The molecule has 3 heteroatoms. The molecule has 0 radical (unpaired) electrons. The highest BCUT2D eigenvalue weighted by atomic mass is 15.1. The second-order valence-corrected chi connectivity index (χ2v) is 3.73. The van der Waals surface area contributed by atoms with Crippen molar-refractivity contribution in [1.29, 1.82) is 0 Å². The normalized spacial score (nSPS) is 11.5. The van der Waals surface area contributed by atoms with Gasteiger partial charge in [-0.3, -0.25) is 0 Å². The van der Waals surface area contributed by atoms with Crippen molar-refractivity contribution < 1.29 is 0 Å². The Morgan fingerprint density at radius 3 is 2.08 bits per heavy atom. The van der Waals surface area contributed by atoms with Crippen LogP contribution in [-0.2, 0) is 0 Å². The van der Waals surface area contributed by atoms with Crippen molar-refractivity contribution in [2.45, 2.75) is 19.8 Å². The molecule has 0 aromatic heterocycles. The summed E-state index contributed by atoms with van der Waals surface area (Å²) in [6, 6.07) is 0. The largest absolute Gasteiger partial charge is 0.330 e. The summed E-state index contributed by atoms with van der Waals surface area (Å²) in [6.07, 6.45) is 2.38. The molecule has 0 bridgehead atoms. The second-order valence-electron chi connectivity index (χ2n) is 3.73. The molecule has 0 fully saturated rings. The summed E-state index contributed by atoms with van der Waals surface area (Å²) in [7, 11) is 4.24. The first-order valence-corrected chi connectivity index (χ1v) is 5.27. The number of nitrogens with two attached hydrogens (primary N) is 1. The predicted molar refractivity (Wildman–Crippen MR) is 59.0 cm³/mol. The van der Waals surface area contributed by atoms with Crippen molar-refractivity contribution in [3.63, 3.8) is 0 Å². The molecule has 0 aliphatic rings. The smallest absolute Gasteiger partial charge is 0.000666 e. The third kappa shape index (κ3) is 8.22. The van der Waals surface area contributed by atoms with Crippen LogP contribution >= 0.6 is 0 Å². The van der Waals surface area contributed by atoms with Crippen LogP contribution in [0.1, 0.15) is 19.8 Å². The van der Waals surface area contributed by atoms with E-state index < -0.39 is 0 Å². The van der Waals surface area contributed by atoms with Crippen molar-refractivity contribution in [3.8, 4) is 0 Å². The minimum Gasteiger partial charge on any atom is -0.330 e. The zero-order valence-corrected chi connectivity index (χ0v) is 9.42. The van der Waals surface area contributed by atoms with Crippen LogP contribution in [0.25, 0.3) is 0 Å². The Morgan fingerprint density at radius 2 is 1.62 bits per heavy atom. The van der Waals surface area contributed by atoms with Gasteiger partial charge in [0.1, 0.15) is 0 Å². The van der Waals surface area contributed by atoms with Gasteiger partial charge in [-0.05, 0) is 59.7 Å². The van der Waals surface area contributed by atoms with Crippen LogP contribution in [0.5, 0.6) is 0 Å². The Morgan fingerprint density at radius 1 is 1.00 bits per heavy atom. The fourth-order valence-corrected chi connectivity index (χ4v) is 1.35. The van der Waals surface area contributed by atoms with E-state index in [1.807, 2.05) is 0 Å². The fraction of sp³-hybridized carbons (Fsp3) is 1.00. The Kier molecular flexibility index (Phi) is 8.40. The van der Waals surface area contributed by atoms with Gasteiger partial charge in [-0.1, -0.05) is 6.92 Å². The zero-order valence-electron chi connectivity index (χ0n) is 9.42. The molecule has 13 heavy (non-hydrogen) atoms. The molecule has 0 rings (SSSR count). The molecule has 0 saturated carbocycles. The van der Waals surface area contributed by atoms with Gasteiger partial charge in [0.25, 0.3) is 0 Å². The van der Waals surface area contributed by atoms with Crippen LogP contribution < -0.4 is 5.73 Å². The van der Waals surface area contributed by atoms with E-state index in [1.54, 1.807) is 0 Å². The third-order valence-electron chi connectivity index (χ3n) is 2.21. The SMILES string of the molecule is CCN(CCCN)CCCN(C)C. The van der Waals surface area contributed by atoms with Crippen LogP contribution in [0.15, 0.2) is 0 Å². The average Bonchev–Trinajstić information content (AvgIpc) is 2.10. The molecule has 0 aliphatic carbocycles. The van der Waals surface area contributed by atoms with E-state index in [0.29, 0.717) is 0 Å². The maximum Gasteiger partial charge on any atom is -0.000666 e. The van der Waals surface area contributed by atoms with Crippen molar-refractivity contribution in [3.05, 3.63) is 0 Å². The highest BCUT2D eigenvalue weighted by molar-refractivity contribution is 4.57. The lowest BCUT2D eigenvalue weighted by molar-refractivity contribution is 0.265. The van der Waals surface area contributed by atoms with Crippen molar-refractivity contribution >= 4 is 0 Å². The molecular weight excluding hydrogens is 162 g/mol. The van der Waals surface area contributed by atoms with Gasteiger partial charge in [-0.2, -0.15) is 0 Å². The Labute approximate surface area is 82.9 Å². The lowest BCUT2D eigenvalue weighted by Gasteiger charge is -2.20. The summed E-state index contributed by atoms with van der Waals surface area (Å²) >= 11 is 0. The molecule has 3 nitrogen and oxygen atoms in total. The molecule has 2 N–H and O–H groups in total. The van der Waals surface area contributed by atoms with E-state index in [2.05, 4.69) is 30.8 Å². The van der Waals surface area contributed by atoms with Crippen LogP contribution in [-0.4, -0.2) is 56.6 Å². The summed E-state index contributed by atoms with van der Waals surface area (Å²) in [5, 5.41) is 0. The zero-order chi connectivity index (χ0) is 10.1. The Balaban J connectivity index is 3.36. The number of nitrogens with zero attached hydrogens (tertiary/aromatic N) is 2. The summed E-state index contributed by atoms with van der Waals surface area (Å²) in [5.41, 5.74) is 5.47. The lowest BCUT2D eigenvalue weighted by atomic mass is 10.3. The first kappa shape index (κ1) is 12.9. The topological polar surface area (TPSA) is 32.5 Å². The molecule has 0 aromatic carbocycles. The maximum absolute atomic E-state index is 5.47. The second kappa shape index (κ2) is 8.48. The highest BCUT2D eigenvalue weighted by Crippen LogP contribution is 1.93.